The highest BCUT2D eigenvalue weighted by Gasteiger charge is 2.10. The van der Waals surface area contributed by atoms with E-state index in [2.05, 4.69) is 10.6 Å². The monoisotopic (exact) mass is 308 g/mol. The quantitative estimate of drug-likeness (QED) is 0.376. The molecule has 0 saturated carbocycles. The number of rotatable bonds is 4. The maximum absolute atomic E-state index is 5.90. The zero-order valence-electron chi connectivity index (χ0n) is 11.9. The van der Waals surface area contributed by atoms with Crippen molar-refractivity contribution in [2.45, 2.75) is 0 Å². The molecule has 0 bridgehead atoms. The zero-order valence-corrected chi connectivity index (χ0v) is 12.6. The van der Waals surface area contributed by atoms with E-state index in [1.807, 2.05) is 89.6 Å². The highest BCUT2D eigenvalue weighted by atomic mass is 35.5. The molecule has 3 nitrogen and oxygen atoms in total. The number of hydrogen-bond donors (Lipinski definition) is 1. The van der Waals surface area contributed by atoms with Crippen LogP contribution in [0.2, 0.25) is 5.02 Å². The molecule has 108 valence electrons. The van der Waals surface area contributed by atoms with Crippen molar-refractivity contribution in [2.75, 3.05) is 5.43 Å². The third kappa shape index (κ3) is 3.51. The molecule has 0 spiro atoms. The Morgan fingerprint density at radius 3 is 1.68 bits per heavy atom. The van der Waals surface area contributed by atoms with Gasteiger partial charge in [-0.05, 0) is 48.5 Å². The van der Waals surface area contributed by atoms with Crippen molar-refractivity contribution >= 4 is 28.7 Å². The standard InChI is InChI=1S/C18H14ClN3/c19-15-11-13-16(14-12-15)20-21-22(17-7-3-1-4-8-17)18-9-5-2-6-10-18/h1-14H/p+1. The maximum atomic E-state index is 5.90. The Balaban J connectivity index is 1.95. The second kappa shape index (κ2) is 6.87. The van der Waals surface area contributed by atoms with E-state index >= 15 is 0 Å². The van der Waals surface area contributed by atoms with E-state index in [1.54, 1.807) is 0 Å². The van der Waals surface area contributed by atoms with E-state index < -0.39 is 0 Å². The van der Waals surface area contributed by atoms with Gasteiger partial charge in [0.05, 0.1) is 5.22 Å². The van der Waals surface area contributed by atoms with Gasteiger partial charge in [-0.2, -0.15) is 0 Å². The number of benzene rings is 3. The summed E-state index contributed by atoms with van der Waals surface area (Å²) in [6, 6.07) is 27.4. The van der Waals surface area contributed by atoms with Crippen LogP contribution in [-0.4, -0.2) is 0 Å². The van der Waals surface area contributed by atoms with Crippen molar-refractivity contribution in [3.05, 3.63) is 90.0 Å². The molecular formula is C18H15ClN3+. The number of anilines is 1. The first kappa shape index (κ1) is 14.3. The zero-order chi connectivity index (χ0) is 15.2. The van der Waals surface area contributed by atoms with Crippen LogP contribution in [0.4, 0.5) is 17.1 Å². The Kier molecular flexibility index (Phi) is 4.47. The minimum absolute atomic E-state index is 0.702. The van der Waals surface area contributed by atoms with Crippen molar-refractivity contribution in [1.82, 2.24) is 4.70 Å². The Bertz CT molecular complexity index is 712. The maximum Gasteiger partial charge on any atom is 0.156 e. The van der Waals surface area contributed by atoms with Gasteiger partial charge >= 0.3 is 0 Å². The summed E-state index contributed by atoms with van der Waals surface area (Å²) in [7, 11) is 0. The number of hydrogen-bond acceptors (Lipinski definition) is 1. The largest absolute Gasteiger partial charge is 0.156 e. The van der Waals surface area contributed by atoms with Gasteiger partial charge in [-0.25, -0.2) is 0 Å². The predicted octanol–water partition coefficient (Wildman–Crippen LogP) is 5.65. The first-order valence-corrected chi connectivity index (χ1v) is 7.33. The predicted molar refractivity (Wildman–Crippen MR) is 91.8 cm³/mol. The van der Waals surface area contributed by atoms with Gasteiger partial charge in [0.1, 0.15) is 5.69 Å². The van der Waals surface area contributed by atoms with Crippen LogP contribution < -0.4 is 10.1 Å². The summed E-state index contributed by atoms with van der Waals surface area (Å²) in [4.78, 5) is 0. The molecule has 0 fully saturated rings. The van der Waals surface area contributed by atoms with Crippen LogP contribution in [-0.2, 0) is 0 Å². The summed E-state index contributed by atoms with van der Waals surface area (Å²) >= 11 is 5.90. The van der Waals surface area contributed by atoms with Crippen LogP contribution in [0.5, 0.6) is 0 Å². The molecule has 0 aliphatic carbocycles. The van der Waals surface area contributed by atoms with E-state index in [1.165, 1.54) is 0 Å². The van der Waals surface area contributed by atoms with Crippen LogP contribution in [0.25, 0.3) is 0 Å². The van der Waals surface area contributed by atoms with Gasteiger partial charge in [0, 0.05) is 5.02 Å². The van der Waals surface area contributed by atoms with E-state index in [-0.39, 0.29) is 0 Å². The van der Waals surface area contributed by atoms with E-state index in [9.17, 15) is 0 Å². The fraction of sp³-hybridized carbons (Fsp3) is 0. The highest BCUT2D eigenvalue weighted by Crippen LogP contribution is 2.21. The van der Waals surface area contributed by atoms with Crippen LogP contribution in [0, 0.1) is 0 Å². The van der Waals surface area contributed by atoms with Gasteiger partial charge in [0.15, 0.2) is 11.4 Å². The van der Waals surface area contributed by atoms with E-state index in [4.69, 9.17) is 11.6 Å². The summed E-state index contributed by atoms with van der Waals surface area (Å²) in [5.41, 5.74) is 5.90. The second-order valence-corrected chi connectivity index (χ2v) is 5.14. The van der Waals surface area contributed by atoms with E-state index in [0.717, 1.165) is 17.1 Å². The lowest BCUT2D eigenvalue weighted by molar-refractivity contribution is 0.861. The van der Waals surface area contributed by atoms with Gasteiger partial charge in [0.2, 0.25) is 0 Å². The molecule has 0 aliphatic heterocycles. The lowest BCUT2D eigenvalue weighted by atomic mass is 10.2. The minimum atomic E-state index is 0.702. The van der Waals surface area contributed by atoms with Crippen molar-refractivity contribution in [2.24, 2.45) is 5.22 Å². The Morgan fingerprint density at radius 1 is 0.682 bits per heavy atom. The first-order chi connectivity index (χ1) is 10.8. The Labute approximate surface area is 134 Å². The van der Waals surface area contributed by atoms with Crippen LogP contribution >= 0.6 is 11.6 Å². The van der Waals surface area contributed by atoms with Crippen molar-refractivity contribution in [3.8, 4) is 0 Å². The third-order valence-corrected chi connectivity index (χ3v) is 3.38. The molecule has 0 radical (unpaired) electrons. The fourth-order valence-corrected chi connectivity index (χ4v) is 2.16. The van der Waals surface area contributed by atoms with Gasteiger partial charge in [-0.3, -0.25) is 0 Å². The van der Waals surface area contributed by atoms with Gasteiger partial charge in [0.25, 0.3) is 0 Å². The number of halogens is 1. The molecular weight excluding hydrogens is 294 g/mol. The summed E-state index contributed by atoms with van der Waals surface area (Å²) in [5, 5.41) is 5.21. The molecule has 1 N–H and O–H groups in total. The number of nitrogens with one attached hydrogen (secondary N) is 1. The Hall–Kier alpha value is -2.65. The average molecular weight is 309 g/mol. The van der Waals surface area contributed by atoms with Crippen LogP contribution in [0.3, 0.4) is 0 Å². The molecule has 0 atom stereocenters. The van der Waals surface area contributed by atoms with Gasteiger partial charge < -0.3 is 0 Å². The number of nitrogens with zero attached hydrogens (tertiary/aromatic N) is 2. The molecule has 3 aromatic carbocycles. The van der Waals surface area contributed by atoms with Gasteiger partial charge in [-0.15, -0.1) is 5.43 Å². The van der Waals surface area contributed by atoms with E-state index in [0.29, 0.717) is 5.02 Å². The lowest BCUT2D eigenvalue weighted by Crippen LogP contribution is -2.04. The molecule has 0 aromatic heterocycles. The molecule has 22 heavy (non-hydrogen) atoms. The molecule has 3 aromatic rings. The SMILES string of the molecule is Clc1ccc(NN=[N+](c2ccccc2)c2ccccc2)cc1. The molecule has 0 amide bonds. The molecule has 4 heteroatoms. The summed E-state index contributed by atoms with van der Waals surface area (Å²) in [6.07, 6.45) is 0. The number of para-hydroxylation sites is 2. The highest BCUT2D eigenvalue weighted by molar-refractivity contribution is 6.30. The summed E-state index contributed by atoms with van der Waals surface area (Å²) in [6.45, 7) is 0. The summed E-state index contributed by atoms with van der Waals surface area (Å²) in [5.74, 6) is 0. The van der Waals surface area contributed by atoms with Crippen LogP contribution in [0.15, 0.2) is 90.2 Å². The first-order valence-electron chi connectivity index (χ1n) is 6.95. The molecule has 0 saturated heterocycles. The normalized spacial score (nSPS) is 10.0. The Morgan fingerprint density at radius 2 is 1.18 bits per heavy atom. The molecule has 0 unspecified atom stereocenters. The lowest BCUT2D eigenvalue weighted by Gasteiger charge is -2.03. The molecule has 3 rings (SSSR count). The average Bonchev–Trinajstić information content (AvgIpc) is 2.59. The van der Waals surface area contributed by atoms with Crippen molar-refractivity contribution in [3.63, 3.8) is 0 Å². The van der Waals surface area contributed by atoms with Crippen molar-refractivity contribution in [1.29, 1.82) is 0 Å². The molecule has 0 aliphatic rings. The smallest absolute Gasteiger partial charge is 0.147 e. The van der Waals surface area contributed by atoms with Crippen LogP contribution in [0.1, 0.15) is 0 Å². The molecule has 0 heterocycles. The van der Waals surface area contributed by atoms with Gasteiger partial charge in [-0.1, -0.05) is 52.7 Å². The van der Waals surface area contributed by atoms with Crippen molar-refractivity contribution < 1.29 is 0 Å². The fourth-order valence-electron chi connectivity index (χ4n) is 2.04. The second-order valence-electron chi connectivity index (χ2n) is 4.70. The summed E-state index contributed by atoms with van der Waals surface area (Å²) < 4.78 is 1.86. The topological polar surface area (TPSA) is 27.4 Å². The minimum Gasteiger partial charge on any atom is -0.147 e. The third-order valence-electron chi connectivity index (χ3n) is 3.12.